The maximum Gasteiger partial charge on any atom is 0.257 e. The Bertz CT molecular complexity index is 702. The first-order valence-electron chi connectivity index (χ1n) is 7.74. The minimum atomic E-state index is 0.0217. The summed E-state index contributed by atoms with van der Waals surface area (Å²) in [5, 5.41) is 6.18. The average molecular weight is 312 g/mol. The molecule has 2 N–H and O–H groups in total. The number of carbonyl (C=O) groups is 1. The van der Waals surface area contributed by atoms with Crippen LogP contribution in [-0.2, 0) is 4.79 Å². The van der Waals surface area contributed by atoms with Gasteiger partial charge < -0.3 is 15.4 Å². The lowest BCUT2D eigenvalue weighted by Crippen LogP contribution is -2.27. The molecule has 1 aromatic heterocycles. The lowest BCUT2D eigenvalue weighted by molar-refractivity contribution is -0.116. The zero-order valence-corrected chi connectivity index (χ0v) is 13.2. The Morgan fingerprint density at radius 1 is 1.30 bits per heavy atom. The summed E-state index contributed by atoms with van der Waals surface area (Å²) in [6.45, 7) is 4.48. The largest absolute Gasteiger partial charge is 0.472 e. The van der Waals surface area contributed by atoms with E-state index >= 15 is 0 Å². The van der Waals surface area contributed by atoms with E-state index in [-0.39, 0.29) is 17.9 Å². The van der Waals surface area contributed by atoms with Gasteiger partial charge in [-0.15, -0.1) is 0 Å². The molecular weight excluding hydrogens is 292 g/mol. The fourth-order valence-electron chi connectivity index (χ4n) is 2.66. The molecule has 3 rings (SSSR count). The number of rotatable bonds is 5. The molecular formula is C17H20N4O2. The molecule has 0 aliphatic carbocycles. The van der Waals surface area contributed by atoms with Gasteiger partial charge in [-0.05, 0) is 25.5 Å². The van der Waals surface area contributed by atoms with Crippen LogP contribution in [0.3, 0.4) is 0 Å². The maximum absolute atomic E-state index is 11.9. The van der Waals surface area contributed by atoms with Gasteiger partial charge in [0.15, 0.2) is 5.82 Å². The number of anilines is 2. The van der Waals surface area contributed by atoms with Crippen LogP contribution < -0.4 is 15.4 Å². The van der Waals surface area contributed by atoms with Gasteiger partial charge in [-0.1, -0.05) is 18.2 Å². The van der Waals surface area contributed by atoms with Crippen LogP contribution in [0.2, 0.25) is 0 Å². The van der Waals surface area contributed by atoms with E-state index in [0.717, 1.165) is 11.3 Å². The van der Waals surface area contributed by atoms with Crippen LogP contribution in [-0.4, -0.2) is 28.5 Å². The highest BCUT2D eigenvalue weighted by Gasteiger charge is 2.25. The average Bonchev–Trinajstić information content (AvgIpc) is 2.53. The first-order valence-corrected chi connectivity index (χ1v) is 7.74. The highest BCUT2D eigenvalue weighted by Crippen LogP contribution is 2.32. The van der Waals surface area contributed by atoms with Gasteiger partial charge >= 0.3 is 0 Å². The number of para-hydroxylation sites is 1. The molecule has 0 bridgehead atoms. The van der Waals surface area contributed by atoms with Crippen molar-refractivity contribution in [3.8, 4) is 5.88 Å². The molecule has 2 heterocycles. The summed E-state index contributed by atoms with van der Waals surface area (Å²) in [6.07, 6.45) is 3.70. The highest BCUT2D eigenvalue weighted by atomic mass is 16.5. The van der Waals surface area contributed by atoms with Crippen molar-refractivity contribution in [2.75, 3.05) is 17.2 Å². The van der Waals surface area contributed by atoms with Crippen molar-refractivity contribution in [2.24, 2.45) is 0 Å². The molecule has 0 fully saturated rings. The second kappa shape index (κ2) is 6.64. The first-order chi connectivity index (χ1) is 11.1. The molecule has 6 nitrogen and oxygen atoms in total. The lowest BCUT2D eigenvalue weighted by atomic mass is 9.90. The second-order valence-corrected chi connectivity index (χ2v) is 5.79. The monoisotopic (exact) mass is 312 g/mol. The van der Waals surface area contributed by atoms with Gasteiger partial charge in [0, 0.05) is 37.0 Å². The molecule has 6 heteroatoms. The Morgan fingerprint density at radius 3 is 2.91 bits per heavy atom. The van der Waals surface area contributed by atoms with Crippen molar-refractivity contribution in [3.05, 3.63) is 42.2 Å². The van der Waals surface area contributed by atoms with Gasteiger partial charge in [-0.3, -0.25) is 4.79 Å². The predicted molar refractivity (Wildman–Crippen MR) is 88.7 cm³/mol. The molecule has 1 unspecified atom stereocenters. The van der Waals surface area contributed by atoms with Crippen molar-refractivity contribution in [1.82, 2.24) is 9.97 Å². The minimum Gasteiger partial charge on any atom is -0.472 e. The smallest absolute Gasteiger partial charge is 0.257 e. The van der Waals surface area contributed by atoms with Gasteiger partial charge in [0.2, 0.25) is 5.91 Å². The van der Waals surface area contributed by atoms with E-state index in [1.807, 2.05) is 38.1 Å². The molecule has 0 radical (unpaired) electrons. The van der Waals surface area contributed by atoms with E-state index in [1.165, 1.54) is 0 Å². The van der Waals surface area contributed by atoms with Crippen LogP contribution >= 0.6 is 0 Å². The Kier molecular flexibility index (Phi) is 4.41. The molecule has 120 valence electrons. The number of benzene rings is 1. The van der Waals surface area contributed by atoms with E-state index in [0.29, 0.717) is 24.7 Å². The standard InChI is InChI=1S/C17H20N4O2/c1-11(2)23-17-16(18-7-8-19-17)20-10-12-9-15(22)21-14-6-4-3-5-13(12)14/h3-8,11-12H,9-10H2,1-2H3,(H,18,20)(H,21,22). The third kappa shape index (κ3) is 3.59. The first kappa shape index (κ1) is 15.3. The number of carbonyl (C=O) groups excluding carboxylic acids is 1. The van der Waals surface area contributed by atoms with Crippen LogP contribution in [0.4, 0.5) is 11.5 Å². The summed E-state index contributed by atoms with van der Waals surface area (Å²) >= 11 is 0. The number of ether oxygens (including phenoxy) is 1. The zero-order chi connectivity index (χ0) is 16.2. The third-order valence-corrected chi connectivity index (χ3v) is 3.63. The number of hydrogen-bond donors (Lipinski definition) is 2. The van der Waals surface area contributed by atoms with Gasteiger partial charge in [0.05, 0.1) is 6.10 Å². The maximum atomic E-state index is 11.9. The fourth-order valence-corrected chi connectivity index (χ4v) is 2.66. The Hall–Kier alpha value is -2.63. The van der Waals surface area contributed by atoms with Crippen LogP contribution in [0.1, 0.15) is 31.7 Å². The molecule has 1 aromatic carbocycles. The number of aromatic nitrogens is 2. The quantitative estimate of drug-likeness (QED) is 0.888. The molecule has 23 heavy (non-hydrogen) atoms. The van der Waals surface area contributed by atoms with E-state index in [1.54, 1.807) is 12.4 Å². The zero-order valence-electron chi connectivity index (χ0n) is 13.2. The number of hydrogen-bond acceptors (Lipinski definition) is 5. The highest BCUT2D eigenvalue weighted by molar-refractivity contribution is 5.94. The van der Waals surface area contributed by atoms with Crippen LogP contribution in [0.15, 0.2) is 36.7 Å². The summed E-state index contributed by atoms with van der Waals surface area (Å²) < 4.78 is 5.66. The van der Waals surface area contributed by atoms with Crippen LogP contribution in [0.5, 0.6) is 5.88 Å². The van der Waals surface area contributed by atoms with Crippen LogP contribution in [0.25, 0.3) is 0 Å². The number of amides is 1. The molecule has 0 spiro atoms. The molecule has 1 atom stereocenters. The lowest BCUT2D eigenvalue weighted by Gasteiger charge is -2.26. The number of fused-ring (bicyclic) bond motifs is 1. The van der Waals surface area contributed by atoms with E-state index in [2.05, 4.69) is 20.6 Å². The van der Waals surface area contributed by atoms with E-state index in [9.17, 15) is 4.79 Å². The van der Waals surface area contributed by atoms with Crippen molar-refractivity contribution < 1.29 is 9.53 Å². The predicted octanol–water partition coefficient (Wildman–Crippen LogP) is 2.80. The summed E-state index contributed by atoms with van der Waals surface area (Å²) in [5.41, 5.74) is 2.02. The fraction of sp³-hybridized carbons (Fsp3) is 0.353. The Labute approximate surface area is 135 Å². The van der Waals surface area contributed by atoms with Gasteiger partial charge in [-0.2, -0.15) is 0 Å². The topological polar surface area (TPSA) is 76.1 Å². The van der Waals surface area contributed by atoms with Crippen molar-refractivity contribution >= 4 is 17.4 Å². The normalized spacial score (nSPS) is 16.7. The van der Waals surface area contributed by atoms with Crippen LogP contribution in [0, 0.1) is 0 Å². The van der Waals surface area contributed by atoms with E-state index < -0.39 is 0 Å². The van der Waals surface area contributed by atoms with Crippen molar-refractivity contribution in [3.63, 3.8) is 0 Å². The summed E-state index contributed by atoms with van der Waals surface area (Å²) in [5.74, 6) is 1.21. The molecule has 1 amide bonds. The van der Waals surface area contributed by atoms with Gasteiger partial charge in [0.25, 0.3) is 5.88 Å². The molecule has 0 saturated carbocycles. The Balaban J connectivity index is 1.75. The Morgan fingerprint density at radius 2 is 2.09 bits per heavy atom. The van der Waals surface area contributed by atoms with Crippen molar-refractivity contribution in [1.29, 1.82) is 0 Å². The SMILES string of the molecule is CC(C)Oc1nccnc1NCC1CC(=O)Nc2ccccc21. The van der Waals surface area contributed by atoms with Gasteiger partial charge in [0.1, 0.15) is 0 Å². The molecule has 1 aliphatic rings. The minimum absolute atomic E-state index is 0.0217. The number of nitrogens with zero attached hydrogens (tertiary/aromatic N) is 2. The molecule has 1 aliphatic heterocycles. The number of nitrogens with one attached hydrogen (secondary N) is 2. The van der Waals surface area contributed by atoms with E-state index in [4.69, 9.17) is 4.74 Å². The van der Waals surface area contributed by atoms with Gasteiger partial charge in [-0.25, -0.2) is 9.97 Å². The molecule has 0 saturated heterocycles. The molecule has 2 aromatic rings. The summed E-state index contributed by atoms with van der Waals surface area (Å²) in [4.78, 5) is 20.4. The second-order valence-electron chi connectivity index (χ2n) is 5.79. The summed E-state index contributed by atoms with van der Waals surface area (Å²) in [6, 6.07) is 7.88. The van der Waals surface area contributed by atoms with Crippen molar-refractivity contribution in [2.45, 2.75) is 32.3 Å². The third-order valence-electron chi connectivity index (χ3n) is 3.63. The summed E-state index contributed by atoms with van der Waals surface area (Å²) in [7, 11) is 0.